The third-order valence-corrected chi connectivity index (χ3v) is 22.3. The third-order valence-electron chi connectivity index (χ3n) is 20.4. The summed E-state index contributed by atoms with van der Waals surface area (Å²) >= 11 is 0. The summed E-state index contributed by atoms with van der Waals surface area (Å²) in [5.41, 5.74) is 0. The minimum atomic E-state index is -4.97. The number of ether oxygens (including phenoxy) is 4. The molecule has 0 heterocycles. The maximum Gasteiger partial charge on any atom is 0.472 e. The number of carbonyl (C=O) groups excluding carboxylic acids is 4. The second-order valence-corrected chi connectivity index (χ2v) is 34.1. The van der Waals surface area contributed by atoms with Gasteiger partial charge in [-0.05, 0) is 43.4 Å². The lowest BCUT2D eigenvalue weighted by atomic mass is 9.99. The van der Waals surface area contributed by atoms with Gasteiger partial charge in [-0.2, -0.15) is 0 Å². The number of aliphatic hydroxyl groups is 1. The quantitative estimate of drug-likeness (QED) is 0.0222. The van der Waals surface area contributed by atoms with Crippen molar-refractivity contribution in [1.82, 2.24) is 0 Å². The average molecular weight is 1510 g/mol. The second kappa shape index (κ2) is 74.2. The van der Waals surface area contributed by atoms with Crippen molar-refractivity contribution < 1.29 is 80.2 Å². The molecule has 0 aromatic heterocycles. The van der Waals surface area contributed by atoms with Crippen molar-refractivity contribution in [3.05, 3.63) is 0 Å². The molecule has 0 saturated carbocycles. The molecule has 0 aliphatic rings. The summed E-state index contributed by atoms with van der Waals surface area (Å²) in [4.78, 5) is 73.1. The van der Waals surface area contributed by atoms with E-state index in [1.165, 1.54) is 244 Å². The maximum atomic E-state index is 13.1. The Balaban J connectivity index is 5.22. The summed E-state index contributed by atoms with van der Waals surface area (Å²) < 4.78 is 68.8. The van der Waals surface area contributed by atoms with Crippen molar-refractivity contribution in [2.75, 3.05) is 39.6 Å². The van der Waals surface area contributed by atoms with Crippen LogP contribution in [0.1, 0.15) is 440 Å². The van der Waals surface area contributed by atoms with Gasteiger partial charge in [0.2, 0.25) is 0 Å². The number of phosphoric ester groups is 2. The number of esters is 4. The van der Waals surface area contributed by atoms with E-state index in [9.17, 15) is 43.2 Å². The Morgan fingerprint density at radius 2 is 0.495 bits per heavy atom. The Morgan fingerprint density at radius 3 is 0.738 bits per heavy atom. The van der Waals surface area contributed by atoms with Gasteiger partial charge in [-0.3, -0.25) is 37.3 Å². The van der Waals surface area contributed by atoms with Gasteiger partial charge >= 0.3 is 39.5 Å². The number of hydrogen-bond donors (Lipinski definition) is 3. The molecule has 0 spiro atoms. The fourth-order valence-corrected chi connectivity index (χ4v) is 14.5. The van der Waals surface area contributed by atoms with Crippen LogP contribution in [-0.2, 0) is 65.4 Å². The highest BCUT2D eigenvalue weighted by atomic mass is 31.2. The number of unbranched alkanes of at least 4 members (excludes halogenated alkanes) is 48. The summed E-state index contributed by atoms with van der Waals surface area (Å²) in [7, 11) is -9.93. The molecule has 17 nitrogen and oxygen atoms in total. The molecule has 0 rings (SSSR count). The molecular formula is C84H164O17P2. The van der Waals surface area contributed by atoms with Crippen LogP contribution in [0.5, 0.6) is 0 Å². The Bertz CT molecular complexity index is 2000. The molecule has 4 unspecified atom stereocenters. The van der Waals surface area contributed by atoms with Gasteiger partial charge in [-0.15, -0.1) is 0 Å². The fraction of sp³-hybridized carbons (Fsp3) is 0.952. The number of phosphoric acid groups is 2. The molecular weight excluding hydrogens is 1340 g/mol. The number of rotatable bonds is 82. The Hall–Kier alpha value is -1.94. The number of carbonyl (C=O) groups is 4. The highest BCUT2D eigenvalue weighted by molar-refractivity contribution is 7.47. The van der Waals surface area contributed by atoms with Gasteiger partial charge in [-0.1, -0.05) is 389 Å². The first-order valence-corrected chi connectivity index (χ1v) is 46.4. The van der Waals surface area contributed by atoms with Crippen LogP contribution in [0.4, 0.5) is 0 Å². The molecule has 19 heteroatoms. The second-order valence-electron chi connectivity index (χ2n) is 31.2. The van der Waals surface area contributed by atoms with Gasteiger partial charge in [0.1, 0.15) is 19.3 Å². The van der Waals surface area contributed by atoms with Crippen molar-refractivity contribution >= 4 is 39.5 Å². The Kier molecular flexibility index (Phi) is 72.8. The summed E-state index contributed by atoms with van der Waals surface area (Å²) in [5.74, 6) is 0.223. The van der Waals surface area contributed by atoms with Crippen LogP contribution in [0.3, 0.4) is 0 Å². The van der Waals surface area contributed by atoms with Crippen LogP contribution in [0.25, 0.3) is 0 Å². The predicted octanol–water partition coefficient (Wildman–Crippen LogP) is 25.3. The zero-order chi connectivity index (χ0) is 75.8. The van der Waals surface area contributed by atoms with Crippen LogP contribution in [0.15, 0.2) is 0 Å². The normalized spacial score (nSPS) is 14.4. The average Bonchev–Trinajstić information content (AvgIpc) is 0.936. The van der Waals surface area contributed by atoms with E-state index in [2.05, 4.69) is 48.5 Å². The van der Waals surface area contributed by atoms with Crippen molar-refractivity contribution in [1.29, 1.82) is 0 Å². The summed E-state index contributed by atoms with van der Waals surface area (Å²) in [6.45, 7) is 12.0. The molecule has 0 aliphatic carbocycles. The van der Waals surface area contributed by atoms with Crippen LogP contribution >= 0.6 is 15.6 Å². The van der Waals surface area contributed by atoms with Gasteiger partial charge in [0.25, 0.3) is 0 Å². The van der Waals surface area contributed by atoms with Gasteiger partial charge in [0.05, 0.1) is 26.4 Å². The highest BCUT2D eigenvalue weighted by Gasteiger charge is 2.30. The number of aliphatic hydroxyl groups excluding tert-OH is 1. The summed E-state index contributed by atoms with van der Waals surface area (Å²) in [5, 5.41) is 10.7. The lowest BCUT2D eigenvalue weighted by Crippen LogP contribution is -2.30. The smallest absolute Gasteiger partial charge is 0.462 e. The largest absolute Gasteiger partial charge is 0.472 e. The summed E-state index contributed by atoms with van der Waals surface area (Å²) in [6, 6.07) is 0. The first-order chi connectivity index (χ1) is 49.8. The maximum absolute atomic E-state index is 13.1. The first kappa shape index (κ1) is 101. The van der Waals surface area contributed by atoms with Crippen LogP contribution in [0, 0.1) is 17.8 Å². The van der Waals surface area contributed by atoms with Crippen molar-refractivity contribution in [3.63, 3.8) is 0 Å². The molecule has 0 radical (unpaired) electrons. The van der Waals surface area contributed by atoms with Crippen LogP contribution in [0.2, 0.25) is 0 Å². The zero-order valence-electron chi connectivity index (χ0n) is 67.8. The molecule has 0 aliphatic heterocycles. The molecule has 0 aromatic carbocycles. The van der Waals surface area contributed by atoms with E-state index in [-0.39, 0.29) is 25.7 Å². The third kappa shape index (κ3) is 75.3. The SMILES string of the molecule is CCCCCCCCCCCCCCCCCCCCCCCCC(=O)O[C@H](COC(=O)CCCCCCCCCCCCCCCCC(C)C)COP(=O)(O)OC[C@@H](O)COP(=O)(O)OC[C@@H](COC(=O)CCCCCCCCC(C)CC)OC(=O)CCCCCCCCCCCCC(C)CC. The van der Waals surface area contributed by atoms with E-state index >= 15 is 0 Å². The van der Waals surface area contributed by atoms with Crippen LogP contribution in [-0.4, -0.2) is 96.7 Å². The van der Waals surface area contributed by atoms with Gasteiger partial charge in [0.15, 0.2) is 12.2 Å². The number of hydrogen-bond acceptors (Lipinski definition) is 15. The van der Waals surface area contributed by atoms with E-state index in [0.29, 0.717) is 25.7 Å². The van der Waals surface area contributed by atoms with Crippen molar-refractivity contribution in [3.8, 4) is 0 Å². The minimum Gasteiger partial charge on any atom is -0.462 e. The van der Waals surface area contributed by atoms with E-state index in [1.54, 1.807) is 0 Å². The molecule has 0 amide bonds. The molecule has 0 fully saturated rings. The zero-order valence-corrected chi connectivity index (χ0v) is 69.6. The standard InChI is InChI=1S/C84H164O17P2/c1-8-11-12-13-14-15-16-17-18-19-20-21-22-23-24-25-30-33-39-44-53-60-67-83(88)100-79(71-94-81(86)65-58-51-43-38-32-29-27-26-28-31-36-41-48-55-62-75(4)5)73-98-102(90,91)96-69-78(85)70-97-103(92,93)99-74-80(72-95-82(87)66-59-52-47-46-50-57-64-77(7)10-3)101-84(89)68-61-54-45-40-35-34-37-42-49-56-63-76(6)9-2/h75-80,85H,8-74H2,1-7H3,(H,90,91)(H,92,93)/t76?,77?,78-,79-,80-/m1/s1. The minimum absolute atomic E-state index is 0.105. The molecule has 0 saturated heterocycles. The van der Waals surface area contributed by atoms with Crippen molar-refractivity contribution in [2.45, 2.75) is 458 Å². The molecule has 612 valence electrons. The molecule has 0 aromatic rings. The molecule has 7 atom stereocenters. The fourth-order valence-electron chi connectivity index (χ4n) is 13.0. The summed E-state index contributed by atoms with van der Waals surface area (Å²) in [6.07, 6.45) is 63.9. The van der Waals surface area contributed by atoms with E-state index in [0.717, 1.165) is 114 Å². The highest BCUT2D eigenvalue weighted by Crippen LogP contribution is 2.45. The molecule has 103 heavy (non-hydrogen) atoms. The van der Waals surface area contributed by atoms with E-state index in [1.807, 2.05) is 0 Å². The lowest BCUT2D eigenvalue weighted by molar-refractivity contribution is -0.161. The van der Waals surface area contributed by atoms with E-state index in [4.69, 9.17) is 37.0 Å². The molecule has 3 N–H and O–H groups in total. The first-order valence-electron chi connectivity index (χ1n) is 43.4. The molecule has 0 bridgehead atoms. The predicted molar refractivity (Wildman–Crippen MR) is 423 cm³/mol. The van der Waals surface area contributed by atoms with E-state index < -0.39 is 97.5 Å². The Morgan fingerprint density at radius 1 is 0.282 bits per heavy atom. The van der Waals surface area contributed by atoms with Gasteiger partial charge in [0, 0.05) is 25.7 Å². The van der Waals surface area contributed by atoms with Gasteiger partial charge < -0.3 is 33.8 Å². The Labute approximate surface area is 632 Å². The topological polar surface area (TPSA) is 237 Å². The van der Waals surface area contributed by atoms with Crippen LogP contribution < -0.4 is 0 Å². The monoisotopic (exact) mass is 1510 g/mol. The lowest BCUT2D eigenvalue weighted by Gasteiger charge is -2.21. The van der Waals surface area contributed by atoms with Gasteiger partial charge in [-0.25, -0.2) is 9.13 Å². The van der Waals surface area contributed by atoms with Crippen molar-refractivity contribution in [2.24, 2.45) is 17.8 Å².